The first-order valence-corrected chi connectivity index (χ1v) is 11.5. The Morgan fingerprint density at radius 2 is 1.84 bits per heavy atom. The van der Waals surface area contributed by atoms with Gasteiger partial charge in [0.1, 0.15) is 0 Å². The molecule has 2 unspecified atom stereocenters. The number of fused-ring (bicyclic) bond motifs is 1. The Kier molecular flexibility index (Phi) is 6.46. The molecule has 3 heterocycles. The number of nitrogens with zero attached hydrogens (tertiary/aromatic N) is 3. The standard InChI is InChI=1S/C25H32N4O3/c1-26-25(27-16-21-9-14-30-24(21)20-5-3-2-4-6-20)29-12-10-28(11-13-29)17-19-7-8-22-23(15-19)32-18-31-22/h2-8,15,21,24H,9-14,16-18H2,1H3,(H,26,27). The summed E-state index contributed by atoms with van der Waals surface area (Å²) in [6.45, 7) is 6.90. The van der Waals surface area contributed by atoms with E-state index in [1.54, 1.807) is 0 Å². The monoisotopic (exact) mass is 436 g/mol. The van der Waals surface area contributed by atoms with Gasteiger partial charge >= 0.3 is 0 Å². The number of piperazine rings is 1. The van der Waals surface area contributed by atoms with Gasteiger partial charge in [0, 0.05) is 58.8 Å². The van der Waals surface area contributed by atoms with Crippen molar-refractivity contribution in [3.05, 3.63) is 59.7 Å². The van der Waals surface area contributed by atoms with Gasteiger partial charge in [0.2, 0.25) is 6.79 Å². The molecular weight excluding hydrogens is 404 g/mol. The molecule has 0 saturated carbocycles. The minimum atomic E-state index is 0.167. The third-order valence-electron chi connectivity index (χ3n) is 6.59. The molecule has 2 saturated heterocycles. The van der Waals surface area contributed by atoms with E-state index in [1.807, 2.05) is 13.1 Å². The number of nitrogens with one attached hydrogen (secondary N) is 1. The largest absolute Gasteiger partial charge is 0.454 e. The Morgan fingerprint density at radius 1 is 1.03 bits per heavy atom. The van der Waals surface area contributed by atoms with E-state index in [1.165, 1.54) is 11.1 Å². The zero-order valence-electron chi connectivity index (χ0n) is 18.7. The highest BCUT2D eigenvalue weighted by molar-refractivity contribution is 5.80. The van der Waals surface area contributed by atoms with E-state index in [0.717, 1.165) is 69.8 Å². The van der Waals surface area contributed by atoms with E-state index in [9.17, 15) is 0 Å². The zero-order chi connectivity index (χ0) is 21.8. The van der Waals surface area contributed by atoms with E-state index in [0.29, 0.717) is 12.7 Å². The average molecular weight is 437 g/mol. The van der Waals surface area contributed by atoms with E-state index < -0.39 is 0 Å². The number of aliphatic imine (C=N–C) groups is 1. The molecule has 5 rings (SSSR count). The van der Waals surface area contributed by atoms with Gasteiger partial charge in [-0.1, -0.05) is 36.4 Å². The predicted molar refractivity (Wildman–Crippen MR) is 124 cm³/mol. The van der Waals surface area contributed by atoms with E-state index in [-0.39, 0.29) is 6.10 Å². The molecule has 3 aliphatic rings. The summed E-state index contributed by atoms with van der Waals surface area (Å²) in [5.74, 6) is 3.15. The fourth-order valence-corrected chi connectivity index (χ4v) is 4.82. The van der Waals surface area contributed by atoms with Crippen molar-refractivity contribution in [1.82, 2.24) is 15.1 Å². The van der Waals surface area contributed by atoms with Crippen LogP contribution in [0.2, 0.25) is 0 Å². The molecule has 7 nitrogen and oxygen atoms in total. The first-order valence-electron chi connectivity index (χ1n) is 11.5. The van der Waals surface area contributed by atoms with Crippen molar-refractivity contribution in [2.75, 3.05) is 53.2 Å². The minimum Gasteiger partial charge on any atom is -0.454 e. The van der Waals surface area contributed by atoms with Crippen LogP contribution in [0.25, 0.3) is 0 Å². The highest BCUT2D eigenvalue weighted by atomic mass is 16.7. The molecule has 0 aliphatic carbocycles. The maximum atomic E-state index is 6.04. The fourth-order valence-electron chi connectivity index (χ4n) is 4.82. The Bertz CT molecular complexity index is 928. The van der Waals surface area contributed by atoms with Crippen molar-refractivity contribution in [1.29, 1.82) is 0 Å². The first-order chi connectivity index (χ1) is 15.8. The summed E-state index contributed by atoms with van der Waals surface area (Å²) in [4.78, 5) is 9.41. The average Bonchev–Trinajstić information content (AvgIpc) is 3.50. The number of ether oxygens (including phenoxy) is 3. The third kappa shape index (κ3) is 4.69. The molecule has 0 radical (unpaired) electrons. The second-order valence-corrected chi connectivity index (χ2v) is 8.63. The predicted octanol–water partition coefficient (Wildman–Crippen LogP) is 2.89. The topological polar surface area (TPSA) is 58.6 Å². The van der Waals surface area contributed by atoms with Crippen molar-refractivity contribution in [2.45, 2.75) is 19.1 Å². The molecule has 2 atom stereocenters. The molecule has 0 bridgehead atoms. The molecule has 2 aromatic rings. The molecule has 0 aromatic heterocycles. The second-order valence-electron chi connectivity index (χ2n) is 8.63. The minimum absolute atomic E-state index is 0.167. The highest BCUT2D eigenvalue weighted by Gasteiger charge is 2.30. The van der Waals surface area contributed by atoms with E-state index in [2.05, 4.69) is 62.6 Å². The maximum Gasteiger partial charge on any atom is 0.231 e. The summed E-state index contributed by atoms with van der Waals surface area (Å²) in [7, 11) is 1.88. The van der Waals surface area contributed by atoms with Gasteiger partial charge in [-0.3, -0.25) is 9.89 Å². The van der Waals surface area contributed by atoms with Gasteiger partial charge in [-0.05, 0) is 29.7 Å². The van der Waals surface area contributed by atoms with Crippen LogP contribution in [-0.4, -0.2) is 68.9 Å². The van der Waals surface area contributed by atoms with Gasteiger partial charge in [-0.15, -0.1) is 0 Å². The summed E-state index contributed by atoms with van der Waals surface area (Å²) >= 11 is 0. The molecule has 2 fully saturated rings. The van der Waals surface area contributed by atoms with E-state index in [4.69, 9.17) is 14.2 Å². The van der Waals surface area contributed by atoms with Gasteiger partial charge < -0.3 is 24.4 Å². The van der Waals surface area contributed by atoms with Crippen LogP contribution in [0.5, 0.6) is 11.5 Å². The van der Waals surface area contributed by atoms with Crippen LogP contribution >= 0.6 is 0 Å². The summed E-state index contributed by atoms with van der Waals surface area (Å²) in [6.07, 6.45) is 1.24. The Balaban J connectivity index is 1.11. The molecule has 2 aromatic carbocycles. The number of rotatable bonds is 5. The lowest BCUT2D eigenvalue weighted by Crippen LogP contribution is -2.52. The lowest BCUT2D eigenvalue weighted by Gasteiger charge is -2.37. The summed E-state index contributed by atoms with van der Waals surface area (Å²) in [5, 5.41) is 3.62. The maximum absolute atomic E-state index is 6.04. The third-order valence-corrected chi connectivity index (χ3v) is 6.59. The molecular formula is C25H32N4O3. The van der Waals surface area contributed by atoms with Gasteiger partial charge in [-0.25, -0.2) is 0 Å². The summed E-state index contributed by atoms with van der Waals surface area (Å²) < 4.78 is 17.0. The van der Waals surface area contributed by atoms with Crippen molar-refractivity contribution in [3.8, 4) is 11.5 Å². The summed E-state index contributed by atoms with van der Waals surface area (Å²) in [6, 6.07) is 16.8. The smallest absolute Gasteiger partial charge is 0.231 e. The summed E-state index contributed by atoms with van der Waals surface area (Å²) in [5.41, 5.74) is 2.53. The second kappa shape index (κ2) is 9.79. The van der Waals surface area contributed by atoms with E-state index >= 15 is 0 Å². The van der Waals surface area contributed by atoms with Crippen LogP contribution in [-0.2, 0) is 11.3 Å². The fraction of sp³-hybridized carbons (Fsp3) is 0.480. The van der Waals surface area contributed by atoms with Crippen LogP contribution in [0, 0.1) is 5.92 Å². The number of guanidine groups is 1. The van der Waals surface area contributed by atoms with Crippen molar-refractivity contribution < 1.29 is 14.2 Å². The van der Waals surface area contributed by atoms with Crippen LogP contribution in [0.3, 0.4) is 0 Å². The Morgan fingerprint density at radius 3 is 2.66 bits per heavy atom. The normalized spacial score (nSPS) is 23.5. The lowest BCUT2D eigenvalue weighted by atomic mass is 9.95. The molecule has 7 heteroatoms. The number of hydrogen-bond acceptors (Lipinski definition) is 5. The molecule has 0 amide bonds. The molecule has 3 aliphatic heterocycles. The van der Waals surface area contributed by atoms with Crippen molar-refractivity contribution >= 4 is 5.96 Å². The van der Waals surface area contributed by atoms with Crippen molar-refractivity contribution in [2.24, 2.45) is 10.9 Å². The number of hydrogen-bond donors (Lipinski definition) is 1. The van der Waals surface area contributed by atoms with Gasteiger partial charge in [0.05, 0.1) is 6.10 Å². The molecule has 32 heavy (non-hydrogen) atoms. The molecule has 0 spiro atoms. The molecule has 1 N–H and O–H groups in total. The number of benzene rings is 2. The van der Waals surface area contributed by atoms with Crippen LogP contribution < -0.4 is 14.8 Å². The highest BCUT2D eigenvalue weighted by Crippen LogP contribution is 2.34. The first kappa shape index (κ1) is 21.1. The Labute approximate surface area is 190 Å². The van der Waals surface area contributed by atoms with Gasteiger partial charge in [0.15, 0.2) is 17.5 Å². The quantitative estimate of drug-likeness (QED) is 0.575. The van der Waals surface area contributed by atoms with Gasteiger partial charge in [-0.2, -0.15) is 0 Å². The SMILES string of the molecule is CN=C(NCC1CCOC1c1ccccc1)N1CCN(Cc2ccc3c(c2)OCO3)CC1. The van der Waals surface area contributed by atoms with Crippen LogP contribution in [0.1, 0.15) is 23.7 Å². The van der Waals surface area contributed by atoms with Crippen molar-refractivity contribution in [3.63, 3.8) is 0 Å². The van der Waals surface area contributed by atoms with Crippen LogP contribution in [0.15, 0.2) is 53.5 Å². The zero-order valence-corrected chi connectivity index (χ0v) is 18.7. The molecule has 170 valence electrons. The van der Waals surface area contributed by atoms with Crippen LogP contribution in [0.4, 0.5) is 0 Å². The Hall–Kier alpha value is -2.77. The van der Waals surface area contributed by atoms with Gasteiger partial charge in [0.25, 0.3) is 0 Å². The lowest BCUT2D eigenvalue weighted by molar-refractivity contribution is 0.0912.